The molecule has 2 heterocycles. The Labute approximate surface area is 108 Å². The number of fused-ring (bicyclic) bond motifs is 3. The van der Waals surface area contributed by atoms with Crippen LogP contribution in [0.15, 0.2) is 24.8 Å². The molecule has 0 unspecified atom stereocenters. The van der Waals surface area contributed by atoms with Gasteiger partial charge in [-0.25, -0.2) is 15.0 Å². The van der Waals surface area contributed by atoms with Gasteiger partial charge in [-0.1, -0.05) is 23.8 Å². The van der Waals surface area contributed by atoms with E-state index in [9.17, 15) is 5.11 Å². The van der Waals surface area contributed by atoms with Crippen LogP contribution in [0.4, 0.5) is 0 Å². The lowest BCUT2D eigenvalue weighted by atomic mass is 10.0. The van der Waals surface area contributed by atoms with Crippen molar-refractivity contribution in [3.63, 3.8) is 0 Å². The van der Waals surface area contributed by atoms with Crippen molar-refractivity contribution < 1.29 is 5.11 Å². The van der Waals surface area contributed by atoms with Crippen LogP contribution in [0.5, 0.6) is 0 Å². The zero-order chi connectivity index (χ0) is 12.3. The summed E-state index contributed by atoms with van der Waals surface area (Å²) in [5.41, 5.74) is 1.37. The Morgan fingerprint density at radius 2 is 2.17 bits per heavy atom. The van der Waals surface area contributed by atoms with Crippen molar-refractivity contribution >= 4 is 22.8 Å². The van der Waals surface area contributed by atoms with Crippen LogP contribution < -0.4 is 0 Å². The Morgan fingerprint density at radius 3 is 2.89 bits per heavy atom. The van der Waals surface area contributed by atoms with Gasteiger partial charge in [-0.3, -0.25) is 0 Å². The number of hydrogen-bond acceptors (Lipinski definition) is 4. The first-order chi connectivity index (χ1) is 8.75. The highest BCUT2D eigenvalue weighted by Gasteiger charge is 2.45. The molecule has 1 fully saturated rings. The zero-order valence-electron chi connectivity index (χ0n) is 9.44. The third-order valence-electron chi connectivity index (χ3n) is 4.01. The minimum Gasteiger partial charge on any atom is -0.392 e. The molecule has 0 spiro atoms. The maximum atomic E-state index is 9.97. The molecule has 92 valence electrons. The number of hydrogen-bond donors (Lipinski definition) is 1. The Morgan fingerprint density at radius 1 is 1.28 bits per heavy atom. The minimum absolute atomic E-state index is 0.154. The fraction of sp³-hybridized carbons (Fsp3) is 0.417. The third kappa shape index (κ3) is 1.23. The predicted octanol–water partition coefficient (Wildman–Crippen LogP) is 1.59. The second-order valence-electron chi connectivity index (χ2n) is 4.91. The molecule has 6 heteroatoms. The number of aliphatic hydroxyl groups is 1. The van der Waals surface area contributed by atoms with Gasteiger partial charge in [0.1, 0.15) is 11.8 Å². The Kier molecular flexibility index (Phi) is 2.05. The highest BCUT2D eigenvalue weighted by atomic mass is 35.5. The van der Waals surface area contributed by atoms with Gasteiger partial charge in [0.15, 0.2) is 10.8 Å². The molecular weight excluding hydrogens is 252 g/mol. The van der Waals surface area contributed by atoms with E-state index in [4.69, 9.17) is 11.6 Å². The lowest BCUT2D eigenvalue weighted by Gasteiger charge is -2.18. The van der Waals surface area contributed by atoms with E-state index in [-0.39, 0.29) is 18.1 Å². The van der Waals surface area contributed by atoms with Crippen LogP contribution >= 0.6 is 11.6 Å². The summed E-state index contributed by atoms with van der Waals surface area (Å²) in [6.07, 6.45) is 8.02. The molecule has 1 saturated carbocycles. The number of aliphatic hydroxyl groups excluding tert-OH is 1. The average Bonchev–Trinajstić information content (AvgIpc) is 3.00. The van der Waals surface area contributed by atoms with Crippen LogP contribution in [0.2, 0.25) is 5.15 Å². The van der Waals surface area contributed by atoms with E-state index in [1.165, 1.54) is 6.33 Å². The van der Waals surface area contributed by atoms with E-state index in [0.29, 0.717) is 16.6 Å². The van der Waals surface area contributed by atoms with Crippen molar-refractivity contribution in [3.8, 4) is 0 Å². The van der Waals surface area contributed by atoms with Crippen LogP contribution in [0.1, 0.15) is 12.5 Å². The first-order valence-electron chi connectivity index (χ1n) is 5.95. The van der Waals surface area contributed by atoms with Crippen molar-refractivity contribution in [1.29, 1.82) is 0 Å². The number of aromatic nitrogens is 4. The van der Waals surface area contributed by atoms with E-state index in [1.54, 1.807) is 6.33 Å². The highest BCUT2D eigenvalue weighted by Crippen LogP contribution is 2.48. The topological polar surface area (TPSA) is 63.8 Å². The molecule has 4 atom stereocenters. The van der Waals surface area contributed by atoms with Gasteiger partial charge in [0.25, 0.3) is 0 Å². The van der Waals surface area contributed by atoms with Gasteiger partial charge in [-0.2, -0.15) is 0 Å². The Bertz CT molecular complexity index is 653. The minimum atomic E-state index is -0.264. The summed E-state index contributed by atoms with van der Waals surface area (Å²) in [4.78, 5) is 12.5. The smallest absolute Gasteiger partial charge is 0.165 e. The molecule has 0 radical (unpaired) electrons. The summed E-state index contributed by atoms with van der Waals surface area (Å²) in [6, 6.07) is 0.205. The molecule has 0 aromatic carbocycles. The number of rotatable bonds is 1. The van der Waals surface area contributed by atoms with Gasteiger partial charge in [0, 0.05) is 11.8 Å². The lowest BCUT2D eigenvalue weighted by Crippen LogP contribution is -2.18. The van der Waals surface area contributed by atoms with Gasteiger partial charge in [0.2, 0.25) is 0 Å². The quantitative estimate of drug-likeness (QED) is 0.626. The summed E-state index contributed by atoms with van der Waals surface area (Å²) in [5.74, 6) is 0.511. The highest BCUT2D eigenvalue weighted by molar-refractivity contribution is 6.33. The summed E-state index contributed by atoms with van der Waals surface area (Å²) >= 11 is 6.00. The average molecular weight is 263 g/mol. The second-order valence-corrected chi connectivity index (χ2v) is 5.27. The van der Waals surface area contributed by atoms with E-state index < -0.39 is 0 Å². The van der Waals surface area contributed by atoms with Crippen LogP contribution in [0.25, 0.3) is 11.2 Å². The fourth-order valence-electron chi connectivity index (χ4n) is 3.23. The molecule has 4 rings (SSSR count). The standard InChI is InChI=1S/C12H11ClN4O/c13-11-9-12(15-4-14-11)17(5-16-9)10-6-1-2-7(10)8(18)3-6/h1-2,4-8,10,18H,3H2/t6-,7+,8+,10-/m1/s1. The van der Waals surface area contributed by atoms with Crippen molar-refractivity contribution in [1.82, 2.24) is 19.5 Å². The molecule has 2 aromatic heterocycles. The maximum absolute atomic E-state index is 9.97. The van der Waals surface area contributed by atoms with Crippen molar-refractivity contribution in [3.05, 3.63) is 30.0 Å². The van der Waals surface area contributed by atoms with Crippen molar-refractivity contribution in [2.45, 2.75) is 18.6 Å². The molecular formula is C12H11ClN4O. The van der Waals surface area contributed by atoms with Gasteiger partial charge >= 0.3 is 0 Å². The van der Waals surface area contributed by atoms with Crippen molar-refractivity contribution in [2.75, 3.05) is 0 Å². The zero-order valence-corrected chi connectivity index (χ0v) is 10.2. The van der Waals surface area contributed by atoms with E-state index >= 15 is 0 Å². The van der Waals surface area contributed by atoms with E-state index in [0.717, 1.165) is 12.1 Å². The fourth-order valence-corrected chi connectivity index (χ4v) is 3.40. The maximum Gasteiger partial charge on any atom is 0.165 e. The molecule has 2 aromatic rings. The van der Waals surface area contributed by atoms with E-state index in [2.05, 4.69) is 27.1 Å². The number of halogens is 1. The number of imidazole rings is 1. The number of allylic oxidation sites excluding steroid dienone is 1. The SMILES string of the molecule is O[C@H]1C[C@H]2C=C[C@@H]1[C@@H]2n1cnc2c(Cl)ncnc21. The lowest BCUT2D eigenvalue weighted by molar-refractivity contribution is 0.141. The molecule has 18 heavy (non-hydrogen) atoms. The Balaban J connectivity index is 1.87. The molecule has 2 aliphatic carbocycles. The molecule has 0 saturated heterocycles. The summed E-state index contributed by atoms with van der Waals surface area (Å²) in [6.45, 7) is 0. The largest absolute Gasteiger partial charge is 0.392 e. The van der Waals surface area contributed by atoms with Crippen LogP contribution in [-0.2, 0) is 0 Å². The number of nitrogens with zero attached hydrogens (tertiary/aromatic N) is 4. The van der Waals surface area contributed by atoms with E-state index in [1.807, 2.05) is 4.57 Å². The third-order valence-corrected chi connectivity index (χ3v) is 4.28. The summed E-state index contributed by atoms with van der Waals surface area (Å²) < 4.78 is 2.02. The Hall–Kier alpha value is -1.46. The van der Waals surface area contributed by atoms with Crippen LogP contribution in [0, 0.1) is 11.8 Å². The van der Waals surface area contributed by atoms with Crippen LogP contribution in [0.3, 0.4) is 0 Å². The molecule has 2 bridgehead atoms. The molecule has 1 N–H and O–H groups in total. The second kappa shape index (κ2) is 3.52. The molecule has 0 aliphatic heterocycles. The molecule has 5 nitrogen and oxygen atoms in total. The first-order valence-corrected chi connectivity index (χ1v) is 6.33. The summed E-state index contributed by atoms with van der Waals surface area (Å²) in [7, 11) is 0. The van der Waals surface area contributed by atoms with Crippen molar-refractivity contribution in [2.24, 2.45) is 11.8 Å². The molecule has 0 amide bonds. The van der Waals surface area contributed by atoms with Gasteiger partial charge in [-0.15, -0.1) is 0 Å². The molecule has 2 aliphatic rings. The summed E-state index contributed by atoms with van der Waals surface area (Å²) in [5, 5.41) is 10.3. The first kappa shape index (κ1) is 10.5. The normalized spacial score (nSPS) is 33.7. The monoisotopic (exact) mass is 262 g/mol. The van der Waals surface area contributed by atoms with Crippen LogP contribution in [-0.4, -0.2) is 30.7 Å². The van der Waals surface area contributed by atoms with Gasteiger partial charge in [0.05, 0.1) is 18.5 Å². The predicted molar refractivity (Wildman–Crippen MR) is 66.1 cm³/mol. The van der Waals surface area contributed by atoms with Gasteiger partial charge < -0.3 is 9.67 Å². The van der Waals surface area contributed by atoms with Gasteiger partial charge in [-0.05, 0) is 6.42 Å².